The zero-order valence-electron chi connectivity index (χ0n) is 11.1. The number of carboxylic acids is 1. The average molecular weight is 285 g/mol. The quantitative estimate of drug-likeness (QED) is 0.892. The number of nitrogens with zero attached hydrogens (tertiary/aromatic N) is 1. The Morgan fingerprint density at radius 3 is 2.42 bits per heavy atom. The van der Waals surface area contributed by atoms with Crippen LogP contribution in [0, 0.1) is 0 Å². The number of carbonyl (C=O) groups excluding carboxylic acids is 1. The first kappa shape index (κ1) is 15.3. The molecule has 0 aromatic heterocycles. The number of hydrogen-bond donors (Lipinski definition) is 2. The summed E-state index contributed by atoms with van der Waals surface area (Å²) in [5.41, 5.74) is 0.786. The summed E-state index contributed by atoms with van der Waals surface area (Å²) in [6, 6.07) is 5.54. The summed E-state index contributed by atoms with van der Waals surface area (Å²) in [5, 5.41) is 12.1. The Hall–Kier alpha value is -1.75. The zero-order chi connectivity index (χ0) is 14.6. The Bertz CT molecular complexity index is 479. The fraction of sp³-hybridized carbons (Fsp3) is 0.385. The topological polar surface area (TPSA) is 69.6 Å². The highest BCUT2D eigenvalue weighted by molar-refractivity contribution is 6.31. The molecule has 0 heterocycles. The average Bonchev–Trinajstić information content (AvgIpc) is 2.37. The van der Waals surface area contributed by atoms with Gasteiger partial charge in [0.15, 0.2) is 0 Å². The van der Waals surface area contributed by atoms with Crippen LogP contribution < -0.4 is 5.32 Å². The number of rotatable bonds is 4. The molecule has 2 amide bonds. The van der Waals surface area contributed by atoms with Crippen molar-refractivity contribution in [2.45, 2.75) is 25.9 Å². The summed E-state index contributed by atoms with van der Waals surface area (Å²) >= 11 is 6.04. The second-order valence-corrected chi connectivity index (χ2v) is 4.73. The Morgan fingerprint density at radius 1 is 1.32 bits per heavy atom. The lowest BCUT2D eigenvalue weighted by Gasteiger charge is -2.24. The van der Waals surface area contributed by atoms with E-state index in [1.165, 1.54) is 14.0 Å². The van der Waals surface area contributed by atoms with Crippen molar-refractivity contribution in [1.29, 1.82) is 0 Å². The van der Waals surface area contributed by atoms with E-state index in [4.69, 9.17) is 16.7 Å². The van der Waals surface area contributed by atoms with Crippen LogP contribution in [0.1, 0.15) is 25.5 Å². The maximum atomic E-state index is 11.9. The van der Waals surface area contributed by atoms with Gasteiger partial charge in [-0.15, -0.1) is 0 Å². The molecule has 19 heavy (non-hydrogen) atoms. The summed E-state index contributed by atoms with van der Waals surface area (Å²) < 4.78 is 0. The lowest BCUT2D eigenvalue weighted by Crippen LogP contribution is -2.46. The van der Waals surface area contributed by atoms with Crippen molar-refractivity contribution >= 4 is 23.6 Å². The summed E-state index contributed by atoms with van der Waals surface area (Å²) in [5.74, 6) is -1.05. The molecular weight excluding hydrogens is 268 g/mol. The standard InChI is InChI=1S/C13H17ClN2O3/c1-8(10-6-4-5-7-11(10)14)15-13(19)16(3)9(2)12(17)18/h4-9H,1-3H3,(H,15,19)(H,17,18). The number of likely N-dealkylation sites (N-methyl/N-ethyl adjacent to an activating group) is 1. The molecule has 0 spiro atoms. The SMILES string of the molecule is CC(NC(=O)N(C)C(C)C(=O)O)c1ccccc1Cl. The molecule has 0 aliphatic rings. The molecule has 104 valence electrons. The highest BCUT2D eigenvalue weighted by atomic mass is 35.5. The highest BCUT2D eigenvalue weighted by Crippen LogP contribution is 2.22. The van der Waals surface area contributed by atoms with Gasteiger partial charge < -0.3 is 15.3 Å². The molecule has 6 heteroatoms. The third kappa shape index (κ3) is 3.86. The minimum atomic E-state index is -1.05. The van der Waals surface area contributed by atoms with Crippen LogP contribution in [0.2, 0.25) is 5.02 Å². The molecular formula is C13H17ClN2O3. The summed E-state index contributed by atoms with van der Waals surface area (Å²) in [7, 11) is 1.44. The number of benzene rings is 1. The van der Waals surface area contributed by atoms with Crippen molar-refractivity contribution in [3.63, 3.8) is 0 Å². The second-order valence-electron chi connectivity index (χ2n) is 4.32. The highest BCUT2D eigenvalue weighted by Gasteiger charge is 2.23. The number of halogens is 1. The zero-order valence-corrected chi connectivity index (χ0v) is 11.8. The lowest BCUT2D eigenvalue weighted by molar-refractivity contribution is -0.141. The number of carboxylic acid groups (broad SMARTS) is 1. The van der Waals surface area contributed by atoms with E-state index in [1.54, 1.807) is 19.1 Å². The minimum absolute atomic E-state index is 0.301. The number of aliphatic carboxylic acids is 1. The van der Waals surface area contributed by atoms with E-state index in [0.717, 1.165) is 10.5 Å². The normalized spacial score (nSPS) is 13.5. The predicted molar refractivity (Wildman–Crippen MR) is 73.3 cm³/mol. The van der Waals surface area contributed by atoms with Crippen molar-refractivity contribution < 1.29 is 14.7 Å². The van der Waals surface area contributed by atoms with Crippen molar-refractivity contribution in [3.8, 4) is 0 Å². The maximum absolute atomic E-state index is 11.9. The van der Waals surface area contributed by atoms with Crippen molar-refractivity contribution in [1.82, 2.24) is 10.2 Å². The molecule has 0 saturated carbocycles. The first-order valence-electron chi connectivity index (χ1n) is 5.85. The van der Waals surface area contributed by atoms with E-state index < -0.39 is 18.0 Å². The smallest absolute Gasteiger partial charge is 0.326 e. The molecule has 0 fully saturated rings. The Labute approximate surface area is 117 Å². The van der Waals surface area contributed by atoms with Crippen molar-refractivity contribution in [2.24, 2.45) is 0 Å². The molecule has 0 aliphatic heterocycles. The Kier molecular flexibility index (Phi) is 5.18. The van der Waals surface area contributed by atoms with Crippen LogP contribution in [-0.4, -0.2) is 35.1 Å². The van der Waals surface area contributed by atoms with Gasteiger partial charge in [-0.3, -0.25) is 0 Å². The third-order valence-corrected chi connectivity index (χ3v) is 3.31. The summed E-state index contributed by atoms with van der Waals surface area (Å²) in [4.78, 5) is 23.8. The molecule has 5 nitrogen and oxygen atoms in total. The van der Waals surface area contributed by atoms with Gasteiger partial charge in [0, 0.05) is 12.1 Å². The molecule has 0 radical (unpaired) electrons. The van der Waals surface area contributed by atoms with Crippen LogP contribution in [0.4, 0.5) is 4.79 Å². The van der Waals surface area contributed by atoms with Gasteiger partial charge in [0.05, 0.1) is 6.04 Å². The molecule has 2 atom stereocenters. The molecule has 0 aliphatic carbocycles. The molecule has 2 N–H and O–H groups in total. The summed E-state index contributed by atoms with van der Waals surface area (Å²) in [6.45, 7) is 3.24. The van der Waals surface area contributed by atoms with E-state index >= 15 is 0 Å². The van der Waals surface area contributed by atoms with E-state index in [9.17, 15) is 9.59 Å². The molecule has 0 saturated heterocycles. The van der Waals surface area contributed by atoms with Gasteiger partial charge in [-0.25, -0.2) is 9.59 Å². The van der Waals surface area contributed by atoms with Crippen LogP contribution in [-0.2, 0) is 4.79 Å². The van der Waals surface area contributed by atoms with Crippen molar-refractivity contribution in [3.05, 3.63) is 34.9 Å². The number of hydrogen-bond acceptors (Lipinski definition) is 2. The first-order valence-corrected chi connectivity index (χ1v) is 6.23. The molecule has 1 aromatic rings. The minimum Gasteiger partial charge on any atom is -0.480 e. The van der Waals surface area contributed by atoms with E-state index in [-0.39, 0.29) is 6.04 Å². The molecule has 2 unspecified atom stereocenters. The van der Waals surface area contributed by atoms with Crippen LogP contribution in [0.3, 0.4) is 0 Å². The molecule has 0 bridgehead atoms. The lowest BCUT2D eigenvalue weighted by atomic mass is 10.1. The van der Waals surface area contributed by atoms with Gasteiger partial charge in [-0.2, -0.15) is 0 Å². The van der Waals surface area contributed by atoms with Gasteiger partial charge in [0.25, 0.3) is 0 Å². The number of carbonyl (C=O) groups is 2. The van der Waals surface area contributed by atoms with Crippen molar-refractivity contribution in [2.75, 3.05) is 7.05 Å². The molecule has 1 aromatic carbocycles. The van der Waals surface area contributed by atoms with Gasteiger partial charge in [0.1, 0.15) is 6.04 Å². The van der Waals surface area contributed by atoms with E-state index in [0.29, 0.717) is 5.02 Å². The van der Waals surface area contributed by atoms with Gasteiger partial charge in [-0.1, -0.05) is 29.8 Å². The fourth-order valence-corrected chi connectivity index (χ4v) is 1.83. The number of amides is 2. The Morgan fingerprint density at radius 2 is 1.89 bits per heavy atom. The molecule has 1 rings (SSSR count). The Balaban J connectivity index is 2.72. The number of urea groups is 1. The third-order valence-electron chi connectivity index (χ3n) is 2.97. The van der Waals surface area contributed by atoms with Crippen LogP contribution in [0.15, 0.2) is 24.3 Å². The van der Waals surface area contributed by atoms with E-state index in [2.05, 4.69) is 5.32 Å². The fourth-order valence-electron chi connectivity index (χ4n) is 1.53. The van der Waals surface area contributed by atoms with Crippen LogP contribution >= 0.6 is 11.6 Å². The predicted octanol–water partition coefficient (Wildman–Crippen LogP) is 2.52. The van der Waals surface area contributed by atoms with E-state index in [1.807, 2.05) is 12.1 Å². The van der Waals surface area contributed by atoms with Crippen LogP contribution in [0.5, 0.6) is 0 Å². The summed E-state index contributed by atoms with van der Waals surface area (Å²) in [6.07, 6.45) is 0. The van der Waals surface area contributed by atoms with Crippen LogP contribution in [0.25, 0.3) is 0 Å². The first-order chi connectivity index (χ1) is 8.84. The number of nitrogens with one attached hydrogen (secondary N) is 1. The van der Waals surface area contributed by atoms with Gasteiger partial charge in [0.2, 0.25) is 0 Å². The maximum Gasteiger partial charge on any atom is 0.326 e. The monoisotopic (exact) mass is 284 g/mol. The largest absolute Gasteiger partial charge is 0.480 e. The second kappa shape index (κ2) is 6.43. The van der Waals surface area contributed by atoms with Gasteiger partial charge in [-0.05, 0) is 25.5 Å². The van der Waals surface area contributed by atoms with Gasteiger partial charge >= 0.3 is 12.0 Å².